The third-order valence-electron chi connectivity index (χ3n) is 2.61. The van der Waals surface area contributed by atoms with Crippen molar-refractivity contribution >= 4 is 5.91 Å². The van der Waals surface area contributed by atoms with Gasteiger partial charge in [-0.05, 0) is 0 Å². The lowest BCUT2D eigenvalue weighted by Crippen LogP contribution is -2.37. The van der Waals surface area contributed by atoms with Crippen LogP contribution in [0.2, 0.25) is 0 Å². The van der Waals surface area contributed by atoms with Crippen molar-refractivity contribution in [2.24, 2.45) is 0 Å². The van der Waals surface area contributed by atoms with E-state index in [1.165, 1.54) is 7.11 Å². The average Bonchev–Trinajstić information content (AvgIpc) is 2.43. The highest BCUT2D eigenvalue weighted by atomic mass is 19.2. The second-order valence-electron chi connectivity index (χ2n) is 4.24. The summed E-state index contributed by atoms with van der Waals surface area (Å²) in [6.07, 6.45) is -1.18. The predicted molar refractivity (Wildman–Crippen MR) is 61.1 cm³/mol. The molecule has 0 aliphatic rings. The SMILES string of the molecule is COCC(O)CN(C)C(=O)c1c(F)c(F)c(F)c(F)c1F. The molecule has 0 bridgehead atoms. The molecule has 118 valence electrons. The van der Waals surface area contributed by atoms with Gasteiger partial charge in [-0.25, -0.2) is 22.0 Å². The van der Waals surface area contributed by atoms with Crippen molar-refractivity contribution in [3.63, 3.8) is 0 Å². The zero-order valence-electron chi connectivity index (χ0n) is 11.1. The van der Waals surface area contributed by atoms with Crippen LogP contribution < -0.4 is 0 Å². The number of amides is 1. The van der Waals surface area contributed by atoms with Crippen LogP contribution in [0.3, 0.4) is 0 Å². The van der Waals surface area contributed by atoms with E-state index in [-0.39, 0.29) is 6.61 Å². The Morgan fingerprint density at radius 3 is 1.95 bits per heavy atom. The summed E-state index contributed by atoms with van der Waals surface area (Å²) < 4.78 is 70.4. The van der Waals surface area contributed by atoms with E-state index in [0.717, 1.165) is 7.05 Å². The summed E-state index contributed by atoms with van der Waals surface area (Å²) in [4.78, 5) is 12.4. The Kier molecular flexibility index (Phi) is 5.62. The Balaban J connectivity index is 3.13. The molecule has 21 heavy (non-hydrogen) atoms. The molecule has 0 heterocycles. The second kappa shape index (κ2) is 6.81. The fourth-order valence-electron chi connectivity index (χ4n) is 1.63. The molecule has 0 saturated carbocycles. The maximum absolute atomic E-state index is 13.4. The molecule has 1 aromatic rings. The smallest absolute Gasteiger partial charge is 0.259 e. The number of methoxy groups -OCH3 is 1. The molecular weight excluding hydrogens is 301 g/mol. The van der Waals surface area contributed by atoms with Gasteiger partial charge in [-0.1, -0.05) is 0 Å². The third-order valence-corrected chi connectivity index (χ3v) is 2.61. The number of rotatable bonds is 5. The second-order valence-corrected chi connectivity index (χ2v) is 4.24. The number of aliphatic hydroxyl groups is 1. The van der Waals surface area contributed by atoms with Crippen molar-refractivity contribution in [2.45, 2.75) is 6.10 Å². The molecule has 4 nitrogen and oxygen atoms in total. The van der Waals surface area contributed by atoms with E-state index in [9.17, 15) is 31.9 Å². The first-order valence-electron chi connectivity index (χ1n) is 5.66. The molecule has 0 aliphatic carbocycles. The van der Waals surface area contributed by atoms with Gasteiger partial charge in [0.1, 0.15) is 5.56 Å². The normalized spacial score (nSPS) is 12.4. The lowest BCUT2D eigenvalue weighted by atomic mass is 10.1. The van der Waals surface area contributed by atoms with Crippen LogP contribution in [0.15, 0.2) is 0 Å². The Morgan fingerprint density at radius 1 is 1.10 bits per heavy atom. The van der Waals surface area contributed by atoms with E-state index < -0.39 is 53.2 Å². The average molecular weight is 313 g/mol. The van der Waals surface area contributed by atoms with Crippen molar-refractivity contribution in [1.82, 2.24) is 4.90 Å². The van der Waals surface area contributed by atoms with Gasteiger partial charge in [0.05, 0.1) is 12.7 Å². The van der Waals surface area contributed by atoms with Gasteiger partial charge in [0.15, 0.2) is 23.3 Å². The van der Waals surface area contributed by atoms with Gasteiger partial charge in [0, 0.05) is 20.7 Å². The molecule has 1 unspecified atom stereocenters. The highest BCUT2D eigenvalue weighted by molar-refractivity contribution is 5.94. The van der Waals surface area contributed by atoms with Crippen molar-refractivity contribution in [3.8, 4) is 0 Å². The summed E-state index contributed by atoms with van der Waals surface area (Å²) in [5.74, 6) is -12.6. The van der Waals surface area contributed by atoms with Gasteiger partial charge in [0.2, 0.25) is 5.82 Å². The fourth-order valence-corrected chi connectivity index (χ4v) is 1.63. The topological polar surface area (TPSA) is 49.8 Å². The molecule has 0 aromatic heterocycles. The molecule has 0 spiro atoms. The Morgan fingerprint density at radius 2 is 1.52 bits per heavy atom. The summed E-state index contributed by atoms with van der Waals surface area (Å²) in [5, 5.41) is 9.39. The maximum atomic E-state index is 13.4. The largest absolute Gasteiger partial charge is 0.389 e. The summed E-state index contributed by atoms with van der Waals surface area (Å²) >= 11 is 0. The summed E-state index contributed by atoms with van der Waals surface area (Å²) in [7, 11) is 2.31. The van der Waals surface area contributed by atoms with Crippen LogP contribution in [0.4, 0.5) is 22.0 Å². The molecule has 9 heteroatoms. The Bertz CT molecular complexity index is 523. The molecule has 0 aliphatic heterocycles. The standard InChI is InChI=1S/C12H12F5NO3/c1-18(3-5(19)4-21-2)12(20)6-7(13)9(15)11(17)10(16)8(6)14/h5,19H,3-4H2,1-2H3. The Labute approximate surface area is 116 Å². The number of halogens is 5. The fraction of sp³-hybridized carbons (Fsp3) is 0.417. The predicted octanol–water partition coefficient (Wildman–Crippen LogP) is 1.46. The molecule has 1 atom stereocenters. The van der Waals surface area contributed by atoms with E-state index in [1.54, 1.807) is 0 Å². The number of benzene rings is 1. The zero-order chi connectivity index (χ0) is 16.3. The van der Waals surface area contributed by atoms with Gasteiger partial charge < -0.3 is 14.7 Å². The molecular formula is C12H12F5NO3. The molecule has 0 fully saturated rings. The summed E-state index contributed by atoms with van der Waals surface area (Å²) in [6, 6.07) is 0. The number of aliphatic hydroxyl groups excluding tert-OH is 1. The number of hydrogen-bond acceptors (Lipinski definition) is 3. The van der Waals surface area contributed by atoms with E-state index in [0.29, 0.717) is 4.90 Å². The van der Waals surface area contributed by atoms with Gasteiger partial charge >= 0.3 is 0 Å². The van der Waals surface area contributed by atoms with Gasteiger partial charge in [-0.3, -0.25) is 4.79 Å². The maximum Gasteiger partial charge on any atom is 0.259 e. The van der Waals surface area contributed by atoms with Crippen LogP contribution in [-0.4, -0.2) is 49.3 Å². The van der Waals surface area contributed by atoms with Crippen LogP contribution in [0.1, 0.15) is 10.4 Å². The first kappa shape index (κ1) is 17.3. The number of likely N-dealkylation sites (N-methyl/N-ethyl adjacent to an activating group) is 1. The van der Waals surface area contributed by atoms with E-state index in [4.69, 9.17) is 0 Å². The highest BCUT2D eigenvalue weighted by Gasteiger charge is 2.31. The molecule has 0 radical (unpaired) electrons. The van der Waals surface area contributed by atoms with Crippen LogP contribution in [-0.2, 0) is 4.74 Å². The monoisotopic (exact) mass is 313 g/mol. The lowest BCUT2D eigenvalue weighted by Gasteiger charge is -2.21. The molecule has 1 rings (SSSR count). The molecule has 1 aromatic carbocycles. The first-order valence-corrected chi connectivity index (χ1v) is 5.66. The minimum atomic E-state index is -2.34. The van der Waals surface area contributed by atoms with Gasteiger partial charge in [0.25, 0.3) is 5.91 Å². The number of carbonyl (C=O) groups excluding carboxylic acids is 1. The number of nitrogens with zero attached hydrogens (tertiary/aromatic N) is 1. The number of carbonyl (C=O) groups is 1. The van der Waals surface area contributed by atoms with E-state index in [1.807, 2.05) is 0 Å². The third kappa shape index (κ3) is 3.48. The van der Waals surface area contributed by atoms with Crippen molar-refractivity contribution in [3.05, 3.63) is 34.6 Å². The van der Waals surface area contributed by atoms with Gasteiger partial charge in [-0.2, -0.15) is 0 Å². The zero-order valence-corrected chi connectivity index (χ0v) is 11.1. The van der Waals surface area contributed by atoms with E-state index in [2.05, 4.69) is 4.74 Å². The minimum Gasteiger partial charge on any atom is -0.389 e. The first-order chi connectivity index (χ1) is 9.72. The van der Waals surface area contributed by atoms with E-state index >= 15 is 0 Å². The van der Waals surface area contributed by atoms with Crippen molar-refractivity contribution in [1.29, 1.82) is 0 Å². The minimum absolute atomic E-state index is 0.172. The lowest BCUT2D eigenvalue weighted by molar-refractivity contribution is 0.0375. The summed E-state index contributed by atoms with van der Waals surface area (Å²) in [6.45, 7) is -0.582. The van der Waals surface area contributed by atoms with Crippen LogP contribution in [0.5, 0.6) is 0 Å². The molecule has 1 amide bonds. The molecule has 1 N–H and O–H groups in total. The van der Waals surface area contributed by atoms with Gasteiger partial charge in [-0.15, -0.1) is 0 Å². The Hall–Kier alpha value is -1.74. The van der Waals surface area contributed by atoms with Crippen molar-refractivity contribution in [2.75, 3.05) is 27.3 Å². The van der Waals surface area contributed by atoms with Crippen molar-refractivity contribution < 1.29 is 36.6 Å². The molecule has 0 saturated heterocycles. The highest BCUT2D eigenvalue weighted by Crippen LogP contribution is 2.24. The van der Waals surface area contributed by atoms with Crippen LogP contribution in [0, 0.1) is 29.1 Å². The van der Waals surface area contributed by atoms with Crippen LogP contribution in [0.25, 0.3) is 0 Å². The number of hydrogen-bond donors (Lipinski definition) is 1. The summed E-state index contributed by atoms with van der Waals surface area (Å²) in [5.41, 5.74) is -1.57. The quantitative estimate of drug-likeness (QED) is 0.509. The van der Waals surface area contributed by atoms with Crippen LogP contribution >= 0.6 is 0 Å². The number of ether oxygens (including phenoxy) is 1.